The summed E-state index contributed by atoms with van der Waals surface area (Å²) in [6.45, 7) is 1.62. The first-order valence-corrected chi connectivity index (χ1v) is 8.62. The number of rotatable bonds is 3. The number of thioether (sulfide) groups is 1. The Labute approximate surface area is 133 Å². The van der Waals surface area contributed by atoms with Gasteiger partial charge >= 0.3 is 0 Å². The number of para-hydroxylation sites is 2. The molecule has 1 aromatic carbocycles. The summed E-state index contributed by atoms with van der Waals surface area (Å²) in [4.78, 5) is 30.9. The van der Waals surface area contributed by atoms with Crippen LogP contribution >= 0.6 is 11.8 Å². The van der Waals surface area contributed by atoms with Crippen molar-refractivity contribution in [2.24, 2.45) is 7.05 Å². The molecule has 0 spiro atoms. The van der Waals surface area contributed by atoms with Crippen molar-refractivity contribution in [2.45, 2.75) is 12.8 Å². The summed E-state index contributed by atoms with van der Waals surface area (Å²) >= 11 is 1.88. The molecule has 0 N–H and O–H groups in total. The molecule has 0 aliphatic carbocycles. The number of benzene rings is 1. The van der Waals surface area contributed by atoms with Crippen molar-refractivity contribution in [3.05, 3.63) is 40.3 Å². The van der Waals surface area contributed by atoms with Crippen molar-refractivity contribution in [2.75, 3.05) is 24.6 Å². The third-order valence-electron chi connectivity index (χ3n) is 3.99. The number of carbonyl (C=O) groups excluding carboxylic acids is 1. The lowest BCUT2D eigenvalue weighted by molar-refractivity contribution is -0.130. The summed E-state index contributed by atoms with van der Waals surface area (Å²) in [6, 6.07) is 7.56. The Morgan fingerprint density at radius 1 is 1.27 bits per heavy atom. The molecule has 1 saturated heterocycles. The predicted octanol–water partition coefficient (Wildman–Crippen LogP) is 1.44. The molecule has 5 nitrogen and oxygen atoms in total. The van der Waals surface area contributed by atoms with Gasteiger partial charge in [0.2, 0.25) is 5.91 Å². The van der Waals surface area contributed by atoms with Crippen molar-refractivity contribution >= 4 is 28.7 Å². The second kappa shape index (κ2) is 6.52. The average Bonchev–Trinajstić information content (AvgIpc) is 2.57. The van der Waals surface area contributed by atoms with Gasteiger partial charge in [0.15, 0.2) is 0 Å². The number of hydrogen-bond donors (Lipinski definition) is 0. The first-order chi connectivity index (χ1) is 10.7. The maximum Gasteiger partial charge on any atom is 0.272 e. The highest BCUT2D eigenvalue weighted by molar-refractivity contribution is 7.99. The normalized spacial score (nSPS) is 15.2. The fraction of sp³-hybridized carbons (Fsp3) is 0.438. The number of nitrogens with zero attached hydrogens (tertiary/aromatic N) is 3. The molecule has 1 aliphatic heterocycles. The number of fused-ring (bicyclic) bond motifs is 1. The molecule has 3 rings (SSSR count). The molecule has 1 aliphatic rings. The highest BCUT2D eigenvalue weighted by Gasteiger charge is 2.17. The Morgan fingerprint density at radius 3 is 2.77 bits per heavy atom. The van der Waals surface area contributed by atoms with E-state index in [9.17, 15) is 9.59 Å². The van der Waals surface area contributed by atoms with Gasteiger partial charge in [-0.05, 0) is 12.1 Å². The third-order valence-corrected chi connectivity index (χ3v) is 4.93. The Balaban J connectivity index is 1.77. The second-order valence-electron chi connectivity index (χ2n) is 5.40. The standard InChI is InChI=1S/C16H19N3O2S/c1-18-14-5-3-2-4-12(14)17-13(16(18)21)6-7-15(20)19-8-10-22-11-9-19/h2-5H,6-11H2,1H3. The van der Waals surface area contributed by atoms with E-state index in [1.807, 2.05) is 40.9 Å². The molecular formula is C16H19N3O2S. The molecule has 0 saturated carbocycles. The SMILES string of the molecule is Cn1c(=O)c(CCC(=O)N2CCSCC2)nc2ccccc21. The van der Waals surface area contributed by atoms with Crippen LogP contribution in [0.2, 0.25) is 0 Å². The lowest BCUT2D eigenvalue weighted by Crippen LogP contribution is -2.38. The number of aryl methyl sites for hydroxylation is 2. The Hall–Kier alpha value is -1.82. The van der Waals surface area contributed by atoms with Gasteiger partial charge in [-0.25, -0.2) is 4.98 Å². The van der Waals surface area contributed by atoms with Gasteiger partial charge in [0.1, 0.15) is 5.69 Å². The minimum absolute atomic E-state index is 0.110. The largest absolute Gasteiger partial charge is 0.341 e. The molecule has 6 heteroatoms. The van der Waals surface area contributed by atoms with E-state index in [-0.39, 0.29) is 11.5 Å². The smallest absolute Gasteiger partial charge is 0.272 e. The number of amides is 1. The van der Waals surface area contributed by atoms with E-state index in [0.29, 0.717) is 18.5 Å². The molecule has 116 valence electrons. The lowest BCUT2D eigenvalue weighted by Gasteiger charge is -2.26. The van der Waals surface area contributed by atoms with Crippen LogP contribution in [0.5, 0.6) is 0 Å². The van der Waals surface area contributed by atoms with Crippen LogP contribution in [0.4, 0.5) is 0 Å². The molecule has 1 aromatic heterocycles. The van der Waals surface area contributed by atoms with Crippen molar-refractivity contribution in [1.29, 1.82) is 0 Å². The fourth-order valence-corrected chi connectivity index (χ4v) is 3.60. The van der Waals surface area contributed by atoms with Crippen molar-refractivity contribution in [3.8, 4) is 0 Å². The zero-order valence-corrected chi connectivity index (χ0v) is 13.4. The average molecular weight is 317 g/mol. The molecule has 0 radical (unpaired) electrons. The second-order valence-corrected chi connectivity index (χ2v) is 6.63. The van der Waals surface area contributed by atoms with Crippen molar-refractivity contribution < 1.29 is 4.79 Å². The fourth-order valence-electron chi connectivity index (χ4n) is 2.70. The Morgan fingerprint density at radius 2 is 2.00 bits per heavy atom. The summed E-state index contributed by atoms with van der Waals surface area (Å²) in [7, 11) is 1.75. The van der Waals surface area contributed by atoms with E-state index in [2.05, 4.69) is 4.98 Å². The van der Waals surface area contributed by atoms with Crippen molar-refractivity contribution in [1.82, 2.24) is 14.5 Å². The summed E-state index contributed by atoms with van der Waals surface area (Å²) in [5.74, 6) is 2.13. The van der Waals surface area contributed by atoms with Crippen LogP contribution in [0.3, 0.4) is 0 Å². The van der Waals surface area contributed by atoms with Gasteiger partial charge < -0.3 is 9.47 Å². The molecule has 22 heavy (non-hydrogen) atoms. The van der Waals surface area contributed by atoms with Crippen LogP contribution in [0.1, 0.15) is 12.1 Å². The summed E-state index contributed by atoms with van der Waals surface area (Å²) in [5.41, 5.74) is 1.97. The van der Waals surface area contributed by atoms with Gasteiger partial charge in [-0.15, -0.1) is 0 Å². The zero-order valence-electron chi connectivity index (χ0n) is 12.6. The van der Waals surface area contributed by atoms with Gasteiger partial charge in [-0.1, -0.05) is 12.1 Å². The van der Waals surface area contributed by atoms with E-state index < -0.39 is 0 Å². The van der Waals surface area contributed by atoms with Crippen LogP contribution in [-0.4, -0.2) is 45.0 Å². The Bertz CT molecular complexity index is 751. The predicted molar refractivity (Wildman–Crippen MR) is 89.2 cm³/mol. The highest BCUT2D eigenvalue weighted by Crippen LogP contribution is 2.12. The first kappa shape index (κ1) is 15.1. The molecule has 1 amide bonds. The van der Waals surface area contributed by atoms with Gasteiger partial charge in [0.25, 0.3) is 5.56 Å². The van der Waals surface area contributed by atoms with Crippen molar-refractivity contribution in [3.63, 3.8) is 0 Å². The topological polar surface area (TPSA) is 55.2 Å². The highest BCUT2D eigenvalue weighted by atomic mass is 32.2. The molecule has 2 aromatic rings. The van der Waals surface area contributed by atoms with Gasteiger partial charge in [-0.2, -0.15) is 11.8 Å². The number of aromatic nitrogens is 2. The van der Waals surface area contributed by atoms with E-state index in [4.69, 9.17) is 0 Å². The van der Waals surface area contributed by atoms with Gasteiger partial charge in [-0.3, -0.25) is 9.59 Å². The lowest BCUT2D eigenvalue weighted by atomic mass is 10.2. The quantitative estimate of drug-likeness (QED) is 0.859. The van der Waals surface area contributed by atoms with Crippen LogP contribution in [0.25, 0.3) is 11.0 Å². The minimum atomic E-state index is -0.110. The molecule has 0 atom stereocenters. The molecule has 2 heterocycles. The van der Waals surface area contributed by atoms with Crippen LogP contribution < -0.4 is 5.56 Å². The molecular weight excluding hydrogens is 298 g/mol. The molecule has 0 bridgehead atoms. The van der Waals surface area contributed by atoms with Crippen LogP contribution in [0.15, 0.2) is 29.1 Å². The van der Waals surface area contributed by atoms with E-state index in [1.54, 1.807) is 11.6 Å². The molecule has 1 fully saturated rings. The summed E-state index contributed by atoms with van der Waals surface area (Å²) in [5, 5.41) is 0. The number of carbonyl (C=O) groups is 1. The first-order valence-electron chi connectivity index (χ1n) is 7.47. The van der Waals surface area contributed by atoms with Crippen LogP contribution in [0, 0.1) is 0 Å². The minimum Gasteiger partial charge on any atom is -0.341 e. The third kappa shape index (κ3) is 3.02. The van der Waals surface area contributed by atoms with Gasteiger partial charge in [0.05, 0.1) is 11.0 Å². The van der Waals surface area contributed by atoms with Crippen LogP contribution in [-0.2, 0) is 18.3 Å². The monoisotopic (exact) mass is 317 g/mol. The maximum absolute atomic E-state index is 12.3. The summed E-state index contributed by atoms with van der Waals surface area (Å²) < 4.78 is 1.61. The number of hydrogen-bond acceptors (Lipinski definition) is 4. The van der Waals surface area contributed by atoms with E-state index in [1.165, 1.54) is 0 Å². The maximum atomic E-state index is 12.3. The van der Waals surface area contributed by atoms with Gasteiger partial charge in [0, 0.05) is 44.5 Å². The summed E-state index contributed by atoms with van der Waals surface area (Å²) in [6.07, 6.45) is 0.755. The van der Waals surface area contributed by atoms with E-state index >= 15 is 0 Å². The Kier molecular flexibility index (Phi) is 4.47. The molecule has 0 unspecified atom stereocenters. The van der Waals surface area contributed by atoms with E-state index in [0.717, 1.165) is 35.6 Å². The zero-order chi connectivity index (χ0) is 15.5.